The summed E-state index contributed by atoms with van der Waals surface area (Å²) in [6.07, 6.45) is 1.22. The number of carboxylic acid groups (broad SMARTS) is 1. The standard InChI is InChI=1S/C24H26N2O5/c1-3-21(23(28)29)26-22(27)15(2)12-13-25-24(30)31-14-20-18-10-6-4-8-16(18)17-9-5-7-11-19(17)20/h4-12,20-21H,3,13-14H2,1-2H3,(H,25,30)(H,26,27)(H,28,29)/b15-12+/t21-/m0/s1. The molecule has 31 heavy (non-hydrogen) atoms. The van der Waals surface area contributed by atoms with Gasteiger partial charge in [0.2, 0.25) is 5.91 Å². The van der Waals surface area contributed by atoms with E-state index in [0.717, 1.165) is 22.3 Å². The molecule has 1 aliphatic rings. The van der Waals surface area contributed by atoms with Crippen LogP contribution in [-0.2, 0) is 14.3 Å². The number of carboxylic acids is 1. The Hall–Kier alpha value is -3.61. The van der Waals surface area contributed by atoms with Crippen molar-refractivity contribution in [3.05, 3.63) is 71.3 Å². The lowest BCUT2D eigenvalue weighted by Gasteiger charge is -2.14. The number of aliphatic carboxylic acids is 1. The predicted octanol–water partition coefficient (Wildman–Crippen LogP) is 3.45. The molecule has 7 heteroatoms. The minimum atomic E-state index is -1.08. The Kier molecular flexibility index (Phi) is 7.07. The van der Waals surface area contributed by atoms with Gasteiger partial charge in [0.25, 0.3) is 0 Å². The van der Waals surface area contributed by atoms with E-state index in [-0.39, 0.29) is 25.5 Å². The van der Waals surface area contributed by atoms with Crippen molar-refractivity contribution >= 4 is 18.0 Å². The molecule has 7 nitrogen and oxygen atoms in total. The molecule has 3 N–H and O–H groups in total. The normalized spacial score (nSPS) is 13.7. The summed E-state index contributed by atoms with van der Waals surface area (Å²) in [7, 11) is 0. The fourth-order valence-corrected chi connectivity index (χ4v) is 3.64. The average Bonchev–Trinajstić information content (AvgIpc) is 3.09. The minimum Gasteiger partial charge on any atom is -0.480 e. The number of alkyl carbamates (subject to hydrolysis) is 1. The summed E-state index contributed by atoms with van der Waals surface area (Å²) in [6, 6.07) is 15.2. The van der Waals surface area contributed by atoms with Gasteiger partial charge in [0.15, 0.2) is 0 Å². The highest BCUT2D eigenvalue weighted by Gasteiger charge is 2.28. The maximum atomic E-state index is 12.1. The van der Waals surface area contributed by atoms with Crippen LogP contribution in [0.2, 0.25) is 0 Å². The monoisotopic (exact) mass is 422 g/mol. The van der Waals surface area contributed by atoms with Gasteiger partial charge in [0.1, 0.15) is 12.6 Å². The molecule has 162 valence electrons. The third-order valence-corrected chi connectivity index (χ3v) is 5.37. The van der Waals surface area contributed by atoms with Gasteiger partial charge in [0, 0.05) is 18.0 Å². The topological polar surface area (TPSA) is 105 Å². The first kappa shape index (κ1) is 22.1. The van der Waals surface area contributed by atoms with Gasteiger partial charge in [-0.25, -0.2) is 9.59 Å². The van der Waals surface area contributed by atoms with Gasteiger partial charge in [0.05, 0.1) is 0 Å². The summed E-state index contributed by atoms with van der Waals surface area (Å²) in [6.45, 7) is 3.54. The lowest BCUT2D eigenvalue weighted by molar-refractivity contribution is -0.141. The van der Waals surface area contributed by atoms with Crippen LogP contribution in [0.4, 0.5) is 4.79 Å². The first-order chi connectivity index (χ1) is 14.9. The third-order valence-electron chi connectivity index (χ3n) is 5.37. The Bertz CT molecular complexity index is 969. The number of fused-ring (bicyclic) bond motifs is 3. The van der Waals surface area contributed by atoms with Crippen molar-refractivity contribution in [3.63, 3.8) is 0 Å². The first-order valence-electron chi connectivity index (χ1n) is 10.2. The quantitative estimate of drug-likeness (QED) is 0.565. The lowest BCUT2D eigenvalue weighted by atomic mass is 9.98. The molecule has 0 fully saturated rings. The van der Waals surface area contributed by atoms with Crippen molar-refractivity contribution in [3.8, 4) is 11.1 Å². The van der Waals surface area contributed by atoms with Crippen LogP contribution in [0.15, 0.2) is 60.2 Å². The zero-order valence-corrected chi connectivity index (χ0v) is 17.6. The highest BCUT2D eigenvalue weighted by Crippen LogP contribution is 2.44. The molecule has 0 saturated carbocycles. The van der Waals surface area contributed by atoms with Crippen LogP contribution in [0, 0.1) is 0 Å². The van der Waals surface area contributed by atoms with Crippen molar-refractivity contribution in [2.45, 2.75) is 32.2 Å². The summed E-state index contributed by atoms with van der Waals surface area (Å²) >= 11 is 0. The predicted molar refractivity (Wildman–Crippen MR) is 117 cm³/mol. The molecule has 0 aliphatic heterocycles. The lowest BCUT2D eigenvalue weighted by Crippen LogP contribution is -2.40. The van der Waals surface area contributed by atoms with Gasteiger partial charge < -0.3 is 20.5 Å². The summed E-state index contributed by atoms with van der Waals surface area (Å²) in [4.78, 5) is 35.2. The molecule has 2 amide bonds. The second-order valence-electron chi connectivity index (χ2n) is 7.37. The fourth-order valence-electron chi connectivity index (χ4n) is 3.64. The molecule has 0 heterocycles. The van der Waals surface area contributed by atoms with Crippen LogP contribution < -0.4 is 10.6 Å². The number of amides is 2. The van der Waals surface area contributed by atoms with E-state index < -0.39 is 24.0 Å². The van der Waals surface area contributed by atoms with E-state index in [0.29, 0.717) is 5.57 Å². The van der Waals surface area contributed by atoms with E-state index in [2.05, 4.69) is 22.8 Å². The number of hydrogen-bond donors (Lipinski definition) is 3. The maximum absolute atomic E-state index is 12.1. The number of carbonyl (C=O) groups is 3. The zero-order chi connectivity index (χ0) is 22.4. The maximum Gasteiger partial charge on any atom is 0.407 e. The van der Waals surface area contributed by atoms with Crippen LogP contribution in [0.5, 0.6) is 0 Å². The van der Waals surface area contributed by atoms with Crippen LogP contribution in [-0.4, -0.2) is 42.3 Å². The molecule has 0 radical (unpaired) electrons. The number of benzene rings is 2. The Morgan fingerprint density at radius 1 is 1.06 bits per heavy atom. The summed E-state index contributed by atoms with van der Waals surface area (Å²) < 4.78 is 5.44. The van der Waals surface area contributed by atoms with Crippen molar-refractivity contribution < 1.29 is 24.2 Å². The number of hydrogen-bond acceptors (Lipinski definition) is 4. The van der Waals surface area contributed by atoms with Crippen molar-refractivity contribution in [2.75, 3.05) is 13.2 Å². The molecule has 1 atom stereocenters. The third kappa shape index (κ3) is 5.12. The van der Waals surface area contributed by atoms with E-state index >= 15 is 0 Å². The van der Waals surface area contributed by atoms with Gasteiger partial charge >= 0.3 is 12.1 Å². The second-order valence-corrected chi connectivity index (χ2v) is 7.37. The van der Waals surface area contributed by atoms with Crippen LogP contribution in [0.1, 0.15) is 37.3 Å². The van der Waals surface area contributed by atoms with Crippen molar-refractivity contribution in [2.24, 2.45) is 0 Å². The SMILES string of the molecule is CC[C@H](NC(=O)/C(C)=C/CNC(=O)OCC1c2ccccc2-c2ccccc21)C(=O)O. The molecule has 1 aliphatic carbocycles. The molecule has 0 unspecified atom stereocenters. The fraction of sp³-hybridized carbons (Fsp3) is 0.292. The Balaban J connectivity index is 1.53. The Morgan fingerprint density at radius 3 is 2.19 bits per heavy atom. The smallest absolute Gasteiger partial charge is 0.407 e. The zero-order valence-electron chi connectivity index (χ0n) is 17.6. The molecule has 2 aromatic rings. The van der Waals surface area contributed by atoms with Crippen LogP contribution in [0.3, 0.4) is 0 Å². The minimum absolute atomic E-state index is 0.0248. The van der Waals surface area contributed by atoms with E-state index in [9.17, 15) is 14.4 Å². The molecule has 0 saturated heterocycles. The number of rotatable bonds is 8. The second kappa shape index (κ2) is 9.93. The van der Waals surface area contributed by atoms with Gasteiger partial charge in [-0.15, -0.1) is 0 Å². The van der Waals surface area contributed by atoms with Crippen LogP contribution in [0.25, 0.3) is 11.1 Å². The largest absolute Gasteiger partial charge is 0.480 e. The summed E-state index contributed by atoms with van der Waals surface area (Å²) in [5.41, 5.74) is 4.89. The Labute approximate surface area is 181 Å². The van der Waals surface area contributed by atoms with Crippen LogP contribution >= 0.6 is 0 Å². The molecule has 0 bridgehead atoms. The highest BCUT2D eigenvalue weighted by atomic mass is 16.5. The Morgan fingerprint density at radius 2 is 1.65 bits per heavy atom. The number of carbonyl (C=O) groups excluding carboxylic acids is 2. The van der Waals surface area contributed by atoms with Crippen molar-refractivity contribution in [1.29, 1.82) is 0 Å². The number of nitrogens with one attached hydrogen (secondary N) is 2. The molecule has 0 aromatic heterocycles. The van der Waals surface area contributed by atoms with Gasteiger partial charge in [-0.1, -0.05) is 61.5 Å². The molecule has 2 aromatic carbocycles. The van der Waals surface area contributed by atoms with Gasteiger partial charge in [-0.3, -0.25) is 4.79 Å². The van der Waals surface area contributed by atoms with Gasteiger partial charge in [-0.05, 0) is 35.6 Å². The average molecular weight is 422 g/mol. The van der Waals surface area contributed by atoms with Gasteiger partial charge in [-0.2, -0.15) is 0 Å². The molecule has 3 rings (SSSR count). The number of ether oxygens (including phenoxy) is 1. The first-order valence-corrected chi connectivity index (χ1v) is 10.2. The van der Waals surface area contributed by atoms with Crippen molar-refractivity contribution in [1.82, 2.24) is 10.6 Å². The summed E-state index contributed by atoms with van der Waals surface area (Å²) in [5.74, 6) is -1.59. The highest BCUT2D eigenvalue weighted by molar-refractivity contribution is 5.95. The molecular formula is C24H26N2O5. The van der Waals surface area contributed by atoms with E-state index in [4.69, 9.17) is 9.84 Å². The summed E-state index contributed by atoms with van der Waals surface area (Å²) in [5, 5.41) is 14.0. The van der Waals surface area contributed by atoms with E-state index in [1.807, 2.05) is 36.4 Å². The molecular weight excluding hydrogens is 396 g/mol. The van der Waals surface area contributed by atoms with E-state index in [1.165, 1.54) is 6.08 Å². The van der Waals surface area contributed by atoms with E-state index in [1.54, 1.807) is 13.8 Å². The molecule has 0 spiro atoms.